The largest absolute Gasteiger partial charge is 0.391 e. The third-order valence-corrected chi connectivity index (χ3v) is 9.54. The highest BCUT2D eigenvalue weighted by Gasteiger charge is 2.49. The molecule has 2 N–H and O–H groups in total. The first-order valence-corrected chi connectivity index (χ1v) is 14.6. The molecule has 0 saturated carbocycles. The van der Waals surface area contributed by atoms with Crippen LogP contribution >= 0.6 is 11.3 Å². The fourth-order valence-corrected chi connectivity index (χ4v) is 7.26. The number of hydrogen-bond acceptors (Lipinski definition) is 8. The molecule has 0 spiro atoms. The summed E-state index contributed by atoms with van der Waals surface area (Å²) in [5, 5.41) is 13.2. The summed E-state index contributed by atoms with van der Waals surface area (Å²) in [5.41, 5.74) is 3.26. The van der Waals surface area contributed by atoms with Gasteiger partial charge in [0.15, 0.2) is 5.54 Å². The second kappa shape index (κ2) is 9.02. The van der Waals surface area contributed by atoms with E-state index in [4.69, 9.17) is 4.99 Å². The van der Waals surface area contributed by atoms with Gasteiger partial charge in [0.1, 0.15) is 11.9 Å². The number of amides is 2. The van der Waals surface area contributed by atoms with Crippen molar-refractivity contribution in [1.29, 1.82) is 0 Å². The zero-order chi connectivity index (χ0) is 25.8. The van der Waals surface area contributed by atoms with Crippen LogP contribution in [0.3, 0.4) is 0 Å². The Balaban J connectivity index is 1.42. The molecule has 1 aromatic carbocycles. The second-order valence-corrected chi connectivity index (χ2v) is 12.6. The number of amidine groups is 1. The predicted octanol–water partition coefficient (Wildman–Crippen LogP) is 1.25. The topological polar surface area (TPSA) is 132 Å². The maximum Gasteiger partial charge on any atom is 0.257 e. The summed E-state index contributed by atoms with van der Waals surface area (Å²) in [6.07, 6.45) is 1.55. The SMILES string of the molecule is Cc1ncsc1-c1ccc([C@]2(C)N=C(C3C[C@@H](O)CN3C(=O)[C@@H]3CCCN3S(C)(=O)=O)NC2=O)cc1. The molecule has 10 nitrogen and oxygen atoms in total. The molecule has 0 radical (unpaired) electrons. The van der Waals surface area contributed by atoms with E-state index in [-0.39, 0.29) is 24.8 Å². The lowest BCUT2D eigenvalue weighted by atomic mass is 9.91. The van der Waals surface area contributed by atoms with E-state index in [9.17, 15) is 23.1 Å². The van der Waals surface area contributed by atoms with Crippen LogP contribution in [0.15, 0.2) is 34.8 Å². The van der Waals surface area contributed by atoms with Crippen LogP contribution in [0.1, 0.15) is 37.4 Å². The van der Waals surface area contributed by atoms with E-state index >= 15 is 0 Å². The number of nitrogens with one attached hydrogen (secondary N) is 1. The van der Waals surface area contributed by atoms with Gasteiger partial charge in [-0.3, -0.25) is 9.59 Å². The summed E-state index contributed by atoms with van der Waals surface area (Å²) in [7, 11) is -3.54. The highest BCUT2D eigenvalue weighted by Crippen LogP contribution is 2.35. The Kier molecular flexibility index (Phi) is 6.26. The molecule has 3 aliphatic heterocycles. The van der Waals surface area contributed by atoms with Gasteiger partial charge in [-0.05, 0) is 37.8 Å². The number of likely N-dealkylation sites (tertiary alicyclic amines) is 1. The number of benzene rings is 1. The van der Waals surface area contributed by atoms with Crippen molar-refractivity contribution in [2.45, 2.75) is 56.8 Å². The Morgan fingerprint density at radius 3 is 2.64 bits per heavy atom. The van der Waals surface area contributed by atoms with Crippen molar-refractivity contribution in [3.8, 4) is 10.4 Å². The second-order valence-electron chi connectivity index (χ2n) is 9.80. The molecule has 36 heavy (non-hydrogen) atoms. The van der Waals surface area contributed by atoms with Gasteiger partial charge in [0.2, 0.25) is 15.9 Å². The Morgan fingerprint density at radius 1 is 1.28 bits per heavy atom. The first-order chi connectivity index (χ1) is 17.0. The number of aliphatic hydroxyl groups excluding tert-OH is 1. The van der Waals surface area contributed by atoms with Crippen LogP contribution in [0, 0.1) is 6.92 Å². The van der Waals surface area contributed by atoms with E-state index in [1.54, 1.807) is 23.8 Å². The monoisotopic (exact) mass is 531 g/mol. The summed E-state index contributed by atoms with van der Waals surface area (Å²) >= 11 is 1.55. The number of β-amino-alcohol motifs (C(OH)–C–C–N with tert-alkyl or cyclic N) is 1. The molecule has 4 heterocycles. The van der Waals surface area contributed by atoms with E-state index < -0.39 is 33.7 Å². The quantitative estimate of drug-likeness (QED) is 0.597. The van der Waals surface area contributed by atoms with Gasteiger partial charge >= 0.3 is 0 Å². The van der Waals surface area contributed by atoms with Crippen molar-refractivity contribution in [2.24, 2.45) is 4.99 Å². The number of thiazole rings is 1. The van der Waals surface area contributed by atoms with Crippen molar-refractivity contribution >= 4 is 39.0 Å². The lowest BCUT2D eigenvalue weighted by Crippen LogP contribution is -2.52. The Hall–Kier alpha value is -2.67. The third-order valence-electron chi connectivity index (χ3n) is 7.27. The molecule has 0 aliphatic carbocycles. The average Bonchev–Trinajstić information content (AvgIpc) is 3.60. The van der Waals surface area contributed by atoms with Crippen LogP contribution in [-0.2, 0) is 25.2 Å². The number of nitrogens with zero attached hydrogens (tertiary/aromatic N) is 4. The maximum absolute atomic E-state index is 13.4. The first kappa shape index (κ1) is 25.0. The minimum Gasteiger partial charge on any atom is -0.391 e. The summed E-state index contributed by atoms with van der Waals surface area (Å²) < 4.78 is 25.6. The van der Waals surface area contributed by atoms with Gasteiger partial charge in [0, 0.05) is 19.5 Å². The van der Waals surface area contributed by atoms with Gasteiger partial charge in [-0.15, -0.1) is 11.3 Å². The van der Waals surface area contributed by atoms with Crippen molar-refractivity contribution in [2.75, 3.05) is 19.3 Å². The van der Waals surface area contributed by atoms with E-state index in [1.165, 1.54) is 9.21 Å². The van der Waals surface area contributed by atoms with Gasteiger partial charge in [0.25, 0.3) is 5.91 Å². The predicted molar refractivity (Wildman–Crippen MR) is 136 cm³/mol. The van der Waals surface area contributed by atoms with Gasteiger partial charge < -0.3 is 15.3 Å². The molecule has 12 heteroatoms. The lowest BCUT2D eigenvalue weighted by molar-refractivity contribution is -0.134. The zero-order valence-corrected chi connectivity index (χ0v) is 22.0. The van der Waals surface area contributed by atoms with Crippen LogP contribution in [-0.4, -0.2) is 82.9 Å². The summed E-state index contributed by atoms with van der Waals surface area (Å²) in [6, 6.07) is 6.18. The van der Waals surface area contributed by atoms with Crippen molar-refractivity contribution in [3.63, 3.8) is 0 Å². The van der Waals surface area contributed by atoms with Crippen LogP contribution in [0.25, 0.3) is 10.4 Å². The molecule has 2 aromatic rings. The number of aryl methyl sites for hydroxylation is 1. The van der Waals surface area contributed by atoms with Gasteiger partial charge in [-0.1, -0.05) is 24.3 Å². The van der Waals surface area contributed by atoms with E-state index in [0.29, 0.717) is 30.8 Å². The van der Waals surface area contributed by atoms with E-state index in [1.807, 2.05) is 31.2 Å². The smallest absolute Gasteiger partial charge is 0.257 e. The highest BCUT2D eigenvalue weighted by atomic mass is 32.2. The van der Waals surface area contributed by atoms with Crippen molar-refractivity contribution < 1.29 is 23.1 Å². The van der Waals surface area contributed by atoms with E-state index in [0.717, 1.165) is 22.4 Å². The number of carbonyl (C=O) groups excluding carboxylic acids is 2. The fourth-order valence-electron chi connectivity index (χ4n) is 5.33. The molecule has 2 fully saturated rings. The van der Waals surface area contributed by atoms with Crippen LogP contribution in [0.4, 0.5) is 0 Å². The molecule has 5 rings (SSSR count). The first-order valence-electron chi connectivity index (χ1n) is 11.9. The lowest BCUT2D eigenvalue weighted by Gasteiger charge is -2.30. The molecule has 2 amide bonds. The summed E-state index contributed by atoms with van der Waals surface area (Å²) in [5.74, 6) is -0.361. The van der Waals surface area contributed by atoms with Crippen LogP contribution in [0.2, 0.25) is 0 Å². The minimum atomic E-state index is -3.54. The molecule has 192 valence electrons. The highest BCUT2D eigenvalue weighted by molar-refractivity contribution is 7.88. The molecule has 2 saturated heterocycles. The fraction of sp³-hybridized carbons (Fsp3) is 0.500. The number of aliphatic hydroxyl groups is 1. The number of rotatable bonds is 5. The number of hydrogen-bond donors (Lipinski definition) is 2. The maximum atomic E-state index is 13.4. The Labute approximate surface area is 214 Å². The molecule has 3 aliphatic rings. The van der Waals surface area contributed by atoms with Crippen LogP contribution in [0.5, 0.6) is 0 Å². The van der Waals surface area contributed by atoms with Crippen molar-refractivity contribution in [3.05, 3.63) is 41.0 Å². The molecule has 1 unspecified atom stereocenters. The number of sulfonamides is 1. The molecule has 0 bridgehead atoms. The molecular formula is C24H29N5O5S2. The van der Waals surface area contributed by atoms with E-state index in [2.05, 4.69) is 10.3 Å². The van der Waals surface area contributed by atoms with Crippen LogP contribution < -0.4 is 5.32 Å². The molecule has 1 aromatic heterocycles. The normalized spacial score (nSPS) is 29.0. The standard InChI is InChI=1S/C24H29N5O5S2/c1-14-20(35-13-25-14)15-6-8-16(9-7-15)24(2)23(32)26-21(27-24)19-11-17(30)12-28(19)22(31)18-5-4-10-29(18)36(3,33)34/h6-9,13,17-19,30H,4-5,10-12H2,1-3H3,(H,26,27,32)/t17-,18+,19?,24+/m1/s1. The van der Waals surface area contributed by atoms with Gasteiger partial charge in [-0.2, -0.15) is 4.31 Å². The molecule has 4 atom stereocenters. The number of aliphatic imine (C=N–C) groups is 1. The molecular weight excluding hydrogens is 502 g/mol. The summed E-state index contributed by atoms with van der Waals surface area (Å²) in [4.78, 5) is 38.1. The Morgan fingerprint density at radius 2 is 2.00 bits per heavy atom. The third kappa shape index (κ3) is 4.25. The Bertz CT molecular complexity index is 1340. The van der Waals surface area contributed by atoms with Gasteiger partial charge in [-0.25, -0.2) is 18.4 Å². The van der Waals surface area contributed by atoms with Crippen molar-refractivity contribution in [1.82, 2.24) is 19.5 Å². The average molecular weight is 532 g/mol. The zero-order valence-electron chi connectivity index (χ0n) is 20.3. The summed E-state index contributed by atoms with van der Waals surface area (Å²) in [6.45, 7) is 4.03. The number of carbonyl (C=O) groups is 2. The minimum absolute atomic E-state index is 0.0616. The number of aromatic nitrogens is 1. The van der Waals surface area contributed by atoms with Gasteiger partial charge in [0.05, 0.1) is 34.5 Å².